The van der Waals surface area contributed by atoms with Gasteiger partial charge in [-0.05, 0) is 32.6 Å². The predicted octanol–water partition coefficient (Wildman–Crippen LogP) is 4.31. The number of nitrogens with zero attached hydrogens (tertiary/aromatic N) is 2. The minimum absolute atomic E-state index is 0.277. The molecule has 0 aliphatic carbocycles. The zero-order valence-corrected chi connectivity index (χ0v) is 14.8. The Kier molecular flexibility index (Phi) is 10.4. The fraction of sp³-hybridized carbons (Fsp3) is 0.842. The molecule has 1 rings (SSSR count). The Hall–Kier alpha value is -0.670. The summed E-state index contributed by atoms with van der Waals surface area (Å²) in [4.78, 5) is 4.68. The van der Waals surface area contributed by atoms with Gasteiger partial charge in [-0.15, -0.1) is 0 Å². The van der Waals surface area contributed by atoms with Gasteiger partial charge in [0, 0.05) is 6.42 Å². The molecule has 1 N–H and O–H groups in total. The summed E-state index contributed by atoms with van der Waals surface area (Å²) in [5.41, 5.74) is 0. The standard InChI is InChI=1S/C19H37N2O/c1-3-5-6-7-8-9-10-11-12-13-14-19-20-15-16-21(19,4-2)17-18-22/h6-7,15,19,22H,3-5,8-14,16-18H2,1-2H3/q+1/b7-6+. The predicted molar refractivity (Wildman–Crippen MR) is 96.3 cm³/mol. The molecule has 0 saturated carbocycles. The van der Waals surface area contributed by atoms with E-state index in [0.29, 0.717) is 6.17 Å². The van der Waals surface area contributed by atoms with E-state index in [2.05, 4.69) is 37.2 Å². The van der Waals surface area contributed by atoms with E-state index in [-0.39, 0.29) is 6.61 Å². The molecule has 0 aromatic rings. The summed E-state index contributed by atoms with van der Waals surface area (Å²) in [5, 5.41) is 9.31. The van der Waals surface area contributed by atoms with Gasteiger partial charge in [0.2, 0.25) is 0 Å². The fourth-order valence-corrected chi connectivity index (χ4v) is 3.40. The van der Waals surface area contributed by atoms with Crippen LogP contribution < -0.4 is 0 Å². The van der Waals surface area contributed by atoms with Crippen molar-refractivity contribution in [1.29, 1.82) is 0 Å². The summed E-state index contributed by atoms with van der Waals surface area (Å²) in [7, 11) is 0. The molecule has 0 bridgehead atoms. The Balaban J connectivity index is 2.07. The van der Waals surface area contributed by atoms with Crippen molar-refractivity contribution in [3.05, 3.63) is 12.2 Å². The summed E-state index contributed by atoms with van der Waals surface area (Å²) < 4.78 is 0.971. The summed E-state index contributed by atoms with van der Waals surface area (Å²) in [6.07, 6.45) is 18.7. The van der Waals surface area contributed by atoms with Crippen molar-refractivity contribution in [2.45, 2.75) is 77.8 Å². The first-order valence-corrected chi connectivity index (χ1v) is 9.42. The summed E-state index contributed by atoms with van der Waals surface area (Å²) in [6.45, 7) is 7.67. The molecule has 0 spiro atoms. The monoisotopic (exact) mass is 309 g/mol. The van der Waals surface area contributed by atoms with E-state index in [9.17, 15) is 5.11 Å². The lowest BCUT2D eigenvalue weighted by molar-refractivity contribution is -0.936. The SMILES string of the molecule is CCC/C=C/CCCCCCCC1N=CC[N+]1(CC)CCO. The molecule has 2 atom stereocenters. The average Bonchev–Trinajstić information content (AvgIpc) is 2.93. The Bertz CT molecular complexity index is 327. The first-order chi connectivity index (χ1) is 10.8. The van der Waals surface area contributed by atoms with Crippen LogP contribution in [0.4, 0.5) is 0 Å². The van der Waals surface area contributed by atoms with Gasteiger partial charge < -0.3 is 5.11 Å². The molecule has 1 aliphatic rings. The van der Waals surface area contributed by atoms with Crippen LogP contribution in [0, 0.1) is 0 Å². The Morgan fingerprint density at radius 2 is 1.82 bits per heavy atom. The summed E-state index contributed by atoms with van der Waals surface area (Å²) in [6, 6.07) is 0. The zero-order valence-electron chi connectivity index (χ0n) is 14.8. The fourth-order valence-electron chi connectivity index (χ4n) is 3.40. The normalized spacial score (nSPS) is 24.6. The Labute approximate surface area is 137 Å². The van der Waals surface area contributed by atoms with E-state index in [1.54, 1.807) is 0 Å². The number of allylic oxidation sites excluding steroid dienone is 2. The Morgan fingerprint density at radius 1 is 1.09 bits per heavy atom. The number of hydrogen-bond donors (Lipinski definition) is 1. The van der Waals surface area contributed by atoms with Gasteiger partial charge in [0.15, 0.2) is 6.17 Å². The van der Waals surface area contributed by atoms with Crippen molar-refractivity contribution in [2.75, 3.05) is 26.2 Å². The topological polar surface area (TPSA) is 32.6 Å². The number of quaternary nitrogens is 1. The number of unbranched alkanes of at least 4 members (excludes halogenated alkanes) is 6. The van der Waals surface area contributed by atoms with Gasteiger partial charge in [-0.3, -0.25) is 4.48 Å². The molecule has 0 aromatic carbocycles. The van der Waals surface area contributed by atoms with Crippen LogP contribution in [0.25, 0.3) is 0 Å². The molecular weight excluding hydrogens is 272 g/mol. The molecule has 0 radical (unpaired) electrons. The maximum absolute atomic E-state index is 9.31. The third kappa shape index (κ3) is 6.62. The number of aliphatic hydroxyl groups excluding tert-OH is 1. The van der Waals surface area contributed by atoms with Gasteiger partial charge >= 0.3 is 0 Å². The molecule has 3 heteroatoms. The van der Waals surface area contributed by atoms with Crippen molar-refractivity contribution < 1.29 is 9.59 Å². The van der Waals surface area contributed by atoms with Gasteiger partial charge in [-0.25, -0.2) is 4.99 Å². The second-order valence-corrected chi connectivity index (χ2v) is 6.58. The molecule has 0 fully saturated rings. The van der Waals surface area contributed by atoms with Crippen molar-refractivity contribution in [1.82, 2.24) is 0 Å². The van der Waals surface area contributed by atoms with Gasteiger partial charge in [0.1, 0.15) is 13.1 Å². The van der Waals surface area contributed by atoms with E-state index in [4.69, 9.17) is 0 Å². The lowest BCUT2D eigenvalue weighted by Crippen LogP contribution is -2.53. The highest BCUT2D eigenvalue weighted by Crippen LogP contribution is 2.24. The third-order valence-electron chi connectivity index (χ3n) is 4.99. The number of likely N-dealkylation sites (N-methyl/N-ethyl adjacent to an activating group) is 1. The van der Waals surface area contributed by atoms with E-state index >= 15 is 0 Å². The lowest BCUT2D eigenvalue weighted by Gasteiger charge is -2.37. The summed E-state index contributed by atoms with van der Waals surface area (Å²) >= 11 is 0. The van der Waals surface area contributed by atoms with E-state index in [1.807, 2.05) is 0 Å². The van der Waals surface area contributed by atoms with Crippen LogP contribution in [-0.2, 0) is 0 Å². The van der Waals surface area contributed by atoms with Crippen LogP contribution in [0.15, 0.2) is 17.1 Å². The number of aliphatic imine (C=N–C) groups is 1. The van der Waals surface area contributed by atoms with Crippen molar-refractivity contribution >= 4 is 6.21 Å². The molecule has 0 amide bonds. The second-order valence-electron chi connectivity index (χ2n) is 6.58. The van der Waals surface area contributed by atoms with Crippen molar-refractivity contribution in [3.63, 3.8) is 0 Å². The average molecular weight is 310 g/mol. The molecular formula is C19H37N2O+. The molecule has 128 valence electrons. The Morgan fingerprint density at radius 3 is 2.55 bits per heavy atom. The van der Waals surface area contributed by atoms with Crippen LogP contribution in [0.5, 0.6) is 0 Å². The van der Waals surface area contributed by atoms with Gasteiger partial charge in [0.25, 0.3) is 0 Å². The van der Waals surface area contributed by atoms with Crippen LogP contribution in [-0.4, -0.2) is 48.2 Å². The second kappa shape index (κ2) is 11.8. The van der Waals surface area contributed by atoms with Gasteiger partial charge in [-0.2, -0.15) is 0 Å². The lowest BCUT2D eigenvalue weighted by atomic mass is 10.1. The largest absolute Gasteiger partial charge is 0.391 e. The highest BCUT2D eigenvalue weighted by atomic mass is 16.3. The quantitative estimate of drug-likeness (QED) is 0.307. The van der Waals surface area contributed by atoms with Gasteiger partial charge in [0.05, 0.1) is 19.4 Å². The minimum atomic E-state index is 0.277. The van der Waals surface area contributed by atoms with Crippen LogP contribution >= 0.6 is 0 Å². The van der Waals surface area contributed by atoms with E-state index in [0.717, 1.165) is 24.1 Å². The van der Waals surface area contributed by atoms with Crippen LogP contribution in [0.2, 0.25) is 0 Å². The van der Waals surface area contributed by atoms with Crippen molar-refractivity contribution in [2.24, 2.45) is 4.99 Å². The molecule has 2 unspecified atom stereocenters. The summed E-state index contributed by atoms with van der Waals surface area (Å²) in [5.74, 6) is 0. The maximum atomic E-state index is 9.31. The molecule has 22 heavy (non-hydrogen) atoms. The molecule has 0 aromatic heterocycles. The first kappa shape index (κ1) is 19.4. The first-order valence-electron chi connectivity index (χ1n) is 9.42. The van der Waals surface area contributed by atoms with Crippen molar-refractivity contribution in [3.8, 4) is 0 Å². The number of rotatable bonds is 13. The van der Waals surface area contributed by atoms with Crippen LogP contribution in [0.1, 0.15) is 71.6 Å². The number of aliphatic hydroxyl groups is 1. The van der Waals surface area contributed by atoms with Crippen LogP contribution in [0.3, 0.4) is 0 Å². The maximum Gasteiger partial charge on any atom is 0.182 e. The molecule has 3 nitrogen and oxygen atoms in total. The highest BCUT2D eigenvalue weighted by molar-refractivity contribution is 5.60. The van der Waals surface area contributed by atoms with E-state index < -0.39 is 0 Å². The molecule has 0 saturated heterocycles. The smallest absolute Gasteiger partial charge is 0.182 e. The highest BCUT2D eigenvalue weighted by Gasteiger charge is 2.36. The van der Waals surface area contributed by atoms with Gasteiger partial charge in [-0.1, -0.05) is 44.8 Å². The molecule has 1 aliphatic heterocycles. The number of hydrogen-bond acceptors (Lipinski definition) is 2. The molecule has 1 heterocycles. The minimum Gasteiger partial charge on any atom is -0.391 e. The van der Waals surface area contributed by atoms with E-state index in [1.165, 1.54) is 57.8 Å². The zero-order chi connectivity index (χ0) is 16.1. The third-order valence-corrected chi connectivity index (χ3v) is 4.99.